The topological polar surface area (TPSA) is 114 Å². The molecule has 8 heteroatoms. The second-order valence-electron chi connectivity index (χ2n) is 5.72. The van der Waals surface area contributed by atoms with Gasteiger partial charge in [0.2, 0.25) is 0 Å². The average molecular weight is 365 g/mol. The molecule has 0 atom stereocenters. The van der Waals surface area contributed by atoms with Crippen LogP contribution >= 0.6 is 0 Å². The van der Waals surface area contributed by atoms with E-state index in [0.717, 1.165) is 0 Å². The molecule has 27 heavy (non-hydrogen) atoms. The van der Waals surface area contributed by atoms with Crippen LogP contribution in [0.1, 0.15) is 26.5 Å². The lowest BCUT2D eigenvalue weighted by Crippen LogP contribution is -2.13. The number of hydrogen-bond acceptors (Lipinski definition) is 5. The minimum Gasteiger partial charge on any atom is -0.459 e. The first kappa shape index (κ1) is 17.9. The summed E-state index contributed by atoms with van der Waals surface area (Å²) >= 11 is 0. The highest BCUT2D eigenvalue weighted by atomic mass is 16.6. The maximum Gasteiger partial charge on any atom is 0.291 e. The number of furan rings is 1. The Kier molecular flexibility index (Phi) is 4.98. The van der Waals surface area contributed by atoms with Crippen molar-refractivity contribution in [3.63, 3.8) is 0 Å². The molecule has 2 amide bonds. The van der Waals surface area contributed by atoms with Crippen LogP contribution in [0.2, 0.25) is 0 Å². The predicted octanol–water partition coefficient (Wildman–Crippen LogP) is 4.00. The Labute approximate surface area is 154 Å². The Morgan fingerprint density at radius 2 is 1.63 bits per heavy atom. The fraction of sp³-hybridized carbons (Fsp3) is 0.0526. The number of rotatable bonds is 5. The van der Waals surface area contributed by atoms with Gasteiger partial charge in [-0.3, -0.25) is 19.7 Å². The van der Waals surface area contributed by atoms with Crippen molar-refractivity contribution in [3.05, 3.63) is 87.9 Å². The molecule has 2 N–H and O–H groups in total. The number of carbonyl (C=O) groups is 2. The molecule has 0 aliphatic heterocycles. The summed E-state index contributed by atoms with van der Waals surface area (Å²) in [6.07, 6.45) is 1.40. The molecule has 0 saturated heterocycles. The van der Waals surface area contributed by atoms with Gasteiger partial charge in [-0.1, -0.05) is 6.07 Å². The molecular weight excluding hydrogens is 350 g/mol. The van der Waals surface area contributed by atoms with E-state index in [4.69, 9.17) is 4.42 Å². The normalized spacial score (nSPS) is 10.3. The number of benzene rings is 2. The summed E-state index contributed by atoms with van der Waals surface area (Å²) in [4.78, 5) is 34.7. The Balaban J connectivity index is 1.68. The second kappa shape index (κ2) is 7.52. The van der Waals surface area contributed by atoms with Gasteiger partial charge in [0.25, 0.3) is 17.5 Å². The van der Waals surface area contributed by atoms with Gasteiger partial charge in [0.15, 0.2) is 5.76 Å². The lowest BCUT2D eigenvalue weighted by atomic mass is 10.1. The smallest absolute Gasteiger partial charge is 0.291 e. The molecule has 1 heterocycles. The molecule has 1 aromatic heterocycles. The van der Waals surface area contributed by atoms with Crippen LogP contribution in [0.3, 0.4) is 0 Å². The molecular formula is C19H15N3O5. The zero-order valence-corrected chi connectivity index (χ0v) is 14.3. The number of carbonyl (C=O) groups excluding carboxylic acids is 2. The Morgan fingerprint density at radius 1 is 0.963 bits per heavy atom. The third-order valence-electron chi connectivity index (χ3n) is 3.81. The lowest BCUT2D eigenvalue weighted by molar-refractivity contribution is -0.385. The first-order valence-corrected chi connectivity index (χ1v) is 7.95. The van der Waals surface area contributed by atoms with Crippen molar-refractivity contribution in [2.75, 3.05) is 10.6 Å². The van der Waals surface area contributed by atoms with E-state index in [1.807, 2.05) is 0 Å². The molecule has 2 aromatic carbocycles. The standard InChI is InChI=1S/C19H15N3O5/c1-12-4-7-15(11-16(12)22(25)26)21-18(23)13-5-8-14(9-6-13)20-19(24)17-3-2-10-27-17/h2-11H,1H3,(H,20,24)(H,21,23). The highest BCUT2D eigenvalue weighted by molar-refractivity contribution is 6.05. The van der Waals surface area contributed by atoms with Crippen molar-refractivity contribution in [1.82, 2.24) is 0 Å². The van der Waals surface area contributed by atoms with E-state index in [9.17, 15) is 19.7 Å². The summed E-state index contributed by atoms with van der Waals surface area (Å²) in [5.41, 5.74) is 1.61. The SMILES string of the molecule is Cc1ccc(NC(=O)c2ccc(NC(=O)c3ccco3)cc2)cc1[N+](=O)[O-]. The summed E-state index contributed by atoms with van der Waals surface area (Å²) in [5, 5.41) is 16.3. The fourth-order valence-corrected chi connectivity index (χ4v) is 2.39. The number of nitro benzene ring substituents is 1. The maximum atomic E-state index is 12.3. The van der Waals surface area contributed by atoms with Gasteiger partial charge >= 0.3 is 0 Å². The van der Waals surface area contributed by atoms with Crippen LogP contribution in [0.5, 0.6) is 0 Å². The third-order valence-corrected chi connectivity index (χ3v) is 3.81. The molecule has 0 aliphatic rings. The van der Waals surface area contributed by atoms with Gasteiger partial charge in [0.1, 0.15) is 0 Å². The van der Waals surface area contributed by atoms with Crippen LogP contribution in [-0.4, -0.2) is 16.7 Å². The maximum absolute atomic E-state index is 12.3. The fourth-order valence-electron chi connectivity index (χ4n) is 2.39. The number of anilines is 2. The van der Waals surface area contributed by atoms with E-state index < -0.39 is 16.7 Å². The molecule has 0 aliphatic carbocycles. The number of amides is 2. The average Bonchev–Trinajstić information content (AvgIpc) is 3.18. The number of nitrogens with zero attached hydrogens (tertiary/aromatic N) is 1. The van der Waals surface area contributed by atoms with E-state index in [1.54, 1.807) is 37.3 Å². The van der Waals surface area contributed by atoms with Gasteiger partial charge in [0.05, 0.1) is 11.2 Å². The minimum absolute atomic E-state index is 0.0659. The summed E-state index contributed by atoms with van der Waals surface area (Å²) in [6.45, 7) is 1.62. The molecule has 3 rings (SSSR count). The summed E-state index contributed by atoms with van der Waals surface area (Å²) in [7, 11) is 0. The first-order chi connectivity index (χ1) is 12.9. The number of nitro groups is 1. The van der Waals surface area contributed by atoms with E-state index in [0.29, 0.717) is 22.5 Å². The highest BCUT2D eigenvalue weighted by Gasteiger charge is 2.14. The first-order valence-electron chi connectivity index (χ1n) is 7.95. The van der Waals surface area contributed by atoms with Crippen molar-refractivity contribution < 1.29 is 18.9 Å². The van der Waals surface area contributed by atoms with Crippen molar-refractivity contribution in [1.29, 1.82) is 0 Å². The molecule has 0 spiro atoms. The van der Waals surface area contributed by atoms with E-state index >= 15 is 0 Å². The van der Waals surface area contributed by atoms with Crippen molar-refractivity contribution in [2.24, 2.45) is 0 Å². The Morgan fingerprint density at radius 3 is 2.26 bits per heavy atom. The largest absolute Gasteiger partial charge is 0.459 e. The summed E-state index contributed by atoms with van der Waals surface area (Å²) < 4.78 is 5.01. The Hall–Kier alpha value is -3.94. The molecule has 0 saturated carbocycles. The molecule has 3 aromatic rings. The lowest BCUT2D eigenvalue weighted by Gasteiger charge is -2.08. The third kappa shape index (κ3) is 4.18. The zero-order valence-electron chi connectivity index (χ0n) is 14.3. The Bertz CT molecular complexity index is 995. The van der Waals surface area contributed by atoms with Crippen LogP contribution < -0.4 is 10.6 Å². The van der Waals surface area contributed by atoms with Crippen LogP contribution in [0, 0.1) is 17.0 Å². The van der Waals surface area contributed by atoms with Gasteiger partial charge in [0, 0.05) is 28.6 Å². The zero-order chi connectivity index (χ0) is 19.4. The molecule has 0 bridgehead atoms. The summed E-state index contributed by atoms with van der Waals surface area (Å²) in [5.74, 6) is -0.640. The molecule has 136 valence electrons. The number of aryl methyl sites for hydroxylation is 1. The molecule has 0 unspecified atom stereocenters. The van der Waals surface area contributed by atoms with E-state index in [2.05, 4.69) is 10.6 Å². The van der Waals surface area contributed by atoms with Crippen LogP contribution in [0.25, 0.3) is 0 Å². The molecule has 0 radical (unpaired) electrons. The molecule has 8 nitrogen and oxygen atoms in total. The van der Waals surface area contributed by atoms with Crippen LogP contribution in [-0.2, 0) is 0 Å². The van der Waals surface area contributed by atoms with Crippen molar-refractivity contribution in [2.45, 2.75) is 6.92 Å². The quantitative estimate of drug-likeness (QED) is 0.524. The van der Waals surface area contributed by atoms with E-state index in [1.165, 1.54) is 30.5 Å². The summed E-state index contributed by atoms with van der Waals surface area (Å²) in [6, 6.07) is 13.9. The van der Waals surface area contributed by atoms with Gasteiger partial charge < -0.3 is 15.1 Å². The van der Waals surface area contributed by atoms with Crippen LogP contribution in [0.15, 0.2) is 65.3 Å². The second-order valence-corrected chi connectivity index (χ2v) is 5.72. The van der Waals surface area contributed by atoms with Crippen molar-refractivity contribution in [3.8, 4) is 0 Å². The molecule has 0 fully saturated rings. The van der Waals surface area contributed by atoms with Crippen LogP contribution in [0.4, 0.5) is 17.1 Å². The number of hydrogen-bond donors (Lipinski definition) is 2. The van der Waals surface area contributed by atoms with E-state index in [-0.39, 0.29) is 11.4 Å². The van der Waals surface area contributed by atoms with Gasteiger partial charge in [-0.15, -0.1) is 0 Å². The minimum atomic E-state index is -0.499. The monoisotopic (exact) mass is 365 g/mol. The highest BCUT2D eigenvalue weighted by Crippen LogP contribution is 2.23. The van der Waals surface area contributed by atoms with Gasteiger partial charge in [-0.25, -0.2) is 0 Å². The van der Waals surface area contributed by atoms with Crippen molar-refractivity contribution >= 4 is 28.9 Å². The van der Waals surface area contributed by atoms with Gasteiger partial charge in [-0.05, 0) is 49.4 Å². The number of nitrogens with one attached hydrogen (secondary N) is 2. The predicted molar refractivity (Wildman–Crippen MR) is 98.9 cm³/mol. The van der Waals surface area contributed by atoms with Gasteiger partial charge in [-0.2, -0.15) is 0 Å².